The molecular weight excluding hydrogens is 202 g/mol. The van der Waals surface area contributed by atoms with Gasteiger partial charge in [-0.1, -0.05) is 12.1 Å². The first-order valence-electron chi connectivity index (χ1n) is 5.70. The summed E-state index contributed by atoms with van der Waals surface area (Å²) in [6.45, 7) is 1.72. The molecule has 4 heteroatoms. The van der Waals surface area contributed by atoms with Gasteiger partial charge in [-0.2, -0.15) is 5.10 Å². The predicted molar refractivity (Wildman–Crippen MR) is 63.6 cm³/mol. The zero-order valence-corrected chi connectivity index (χ0v) is 9.07. The number of rotatable bonds is 2. The van der Waals surface area contributed by atoms with Crippen molar-refractivity contribution < 1.29 is 4.74 Å². The lowest BCUT2D eigenvalue weighted by Gasteiger charge is -2.24. The van der Waals surface area contributed by atoms with Crippen LogP contribution in [0.5, 0.6) is 0 Å². The largest absolute Gasteiger partial charge is 0.381 e. The Labute approximate surface area is 94.0 Å². The number of para-hydroxylation sites is 1. The number of aromatic nitrogens is 2. The minimum absolute atomic E-state index is 0.516. The minimum atomic E-state index is 0.516. The molecule has 0 bridgehead atoms. The molecule has 0 spiro atoms. The van der Waals surface area contributed by atoms with Crippen LogP contribution in [-0.2, 0) is 4.74 Å². The van der Waals surface area contributed by atoms with E-state index in [1.807, 2.05) is 6.20 Å². The number of nitrogens with zero attached hydrogens (tertiary/aromatic N) is 1. The number of aromatic amines is 1. The van der Waals surface area contributed by atoms with E-state index in [0.717, 1.165) is 42.6 Å². The molecule has 16 heavy (non-hydrogen) atoms. The minimum Gasteiger partial charge on any atom is -0.381 e. The van der Waals surface area contributed by atoms with Crippen molar-refractivity contribution in [2.45, 2.75) is 18.9 Å². The van der Waals surface area contributed by atoms with Crippen LogP contribution in [0, 0.1) is 0 Å². The van der Waals surface area contributed by atoms with Crippen LogP contribution >= 0.6 is 0 Å². The highest BCUT2D eigenvalue weighted by Crippen LogP contribution is 2.23. The van der Waals surface area contributed by atoms with Crippen molar-refractivity contribution in [1.82, 2.24) is 10.2 Å². The number of nitrogens with one attached hydrogen (secondary N) is 2. The molecule has 2 aromatic rings. The molecule has 1 aromatic carbocycles. The van der Waals surface area contributed by atoms with Crippen LogP contribution in [0.25, 0.3) is 10.9 Å². The van der Waals surface area contributed by atoms with Crippen LogP contribution in [0.2, 0.25) is 0 Å². The third-order valence-electron chi connectivity index (χ3n) is 3.06. The standard InChI is InChI=1S/C12H15N3O/c1-2-9-8-13-15-12(9)11(3-1)14-10-4-6-16-7-5-10/h1-3,8,10,14H,4-7H2,(H,13,15). The summed E-state index contributed by atoms with van der Waals surface area (Å²) in [6, 6.07) is 6.73. The maximum atomic E-state index is 5.35. The Morgan fingerprint density at radius 1 is 1.31 bits per heavy atom. The second-order valence-electron chi connectivity index (χ2n) is 4.17. The number of H-pyrrole nitrogens is 1. The highest BCUT2D eigenvalue weighted by Gasteiger charge is 2.14. The van der Waals surface area contributed by atoms with E-state index in [1.165, 1.54) is 0 Å². The van der Waals surface area contributed by atoms with Gasteiger partial charge < -0.3 is 10.1 Å². The monoisotopic (exact) mass is 217 g/mol. The lowest BCUT2D eigenvalue weighted by Crippen LogP contribution is -2.27. The van der Waals surface area contributed by atoms with Crippen LogP contribution in [0.15, 0.2) is 24.4 Å². The fourth-order valence-electron chi connectivity index (χ4n) is 2.15. The summed E-state index contributed by atoms with van der Waals surface area (Å²) in [5.41, 5.74) is 2.23. The van der Waals surface area contributed by atoms with E-state index < -0.39 is 0 Å². The molecule has 0 radical (unpaired) electrons. The number of hydrogen-bond donors (Lipinski definition) is 2. The lowest BCUT2D eigenvalue weighted by molar-refractivity contribution is 0.0905. The second-order valence-corrected chi connectivity index (χ2v) is 4.17. The van der Waals surface area contributed by atoms with Crippen molar-refractivity contribution in [2.75, 3.05) is 18.5 Å². The van der Waals surface area contributed by atoms with Gasteiger partial charge in [0.25, 0.3) is 0 Å². The molecule has 1 aliphatic rings. The van der Waals surface area contributed by atoms with Crippen molar-refractivity contribution in [3.63, 3.8) is 0 Å². The van der Waals surface area contributed by atoms with E-state index in [2.05, 4.69) is 33.7 Å². The van der Waals surface area contributed by atoms with Gasteiger partial charge in [0.1, 0.15) is 0 Å². The zero-order valence-electron chi connectivity index (χ0n) is 9.07. The summed E-state index contributed by atoms with van der Waals surface area (Å²) in [4.78, 5) is 0. The van der Waals surface area contributed by atoms with Crippen molar-refractivity contribution >= 4 is 16.6 Å². The number of ether oxygens (including phenoxy) is 1. The first-order chi connectivity index (χ1) is 7.93. The van der Waals surface area contributed by atoms with E-state index in [4.69, 9.17) is 4.74 Å². The average Bonchev–Trinajstić information content (AvgIpc) is 2.80. The van der Waals surface area contributed by atoms with Crippen LogP contribution in [0.4, 0.5) is 5.69 Å². The van der Waals surface area contributed by atoms with Gasteiger partial charge in [0.15, 0.2) is 0 Å². The van der Waals surface area contributed by atoms with E-state index in [0.29, 0.717) is 6.04 Å². The normalized spacial score (nSPS) is 17.8. The fourth-order valence-corrected chi connectivity index (χ4v) is 2.15. The van der Waals surface area contributed by atoms with Gasteiger partial charge in [-0.25, -0.2) is 0 Å². The van der Waals surface area contributed by atoms with Gasteiger partial charge in [-0.15, -0.1) is 0 Å². The molecule has 1 fully saturated rings. The molecule has 0 amide bonds. The number of anilines is 1. The lowest BCUT2D eigenvalue weighted by atomic mass is 10.1. The molecule has 3 rings (SSSR count). The Balaban J connectivity index is 1.85. The third-order valence-corrected chi connectivity index (χ3v) is 3.06. The maximum Gasteiger partial charge on any atom is 0.0881 e. The van der Waals surface area contributed by atoms with Gasteiger partial charge in [0, 0.05) is 24.6 Å². The number of fused-ring (bicyclic) bond motifs is 1. The molecular formula is C12H15N3O. The van der Waals surface area contributed by atoms with Gasteiger partial charge >= 0.3 is 0 Å². The van der Waals surface area contributed by atoms with Crippen LogP contribution < -0.4 is 5.32 Å². The quantitative estimate of drug-likeness (QED) is 0.810. The second kappa shape index (κ2) is 4.14. The number of benzene rings is 1. The summed E-state index contributed by atoms with van der Waals surface area (Å²) in [6.07, 6.45) is 4.00. The summed E-state index contributed by atoms with van der Waals surface area (Å²) < 4.78 is 5.35. The molecule has 1 aromatic heterocycles. The van der Waals surface area contributed by atoms with Crippen LogP contribution in [-0.4, -0.2) is 29.5 Å². The molecule has 2 heterocycles. The summed E-state index contributed by atoms with van der Waals surface area (Å²) in [5, 5.41) is 11.8. The Morgan fingerprint density at radius 2 is 2.19 bits per heavy atom. The van der Waals surface area contributed by atoms with Crippen LogP contribution in [0.3, 0.4) is 0 Å². The van der Waals surface area contributed by atoms with Crippen molar-refractivity contribution in [3.8, 4) is 0 Å². The third kappa shape index (κ3) is 1.76. The summed E-state index contributed by atoms with van der Waals surface area (Å²) in [7, 11) is 0. The van der Waals surface area contributed by atoms with Crippen molar-refractivity contribution in [1.29, 1.82) is 0 Å². The molecule has 0 saturated carbocycles. The van der Waals surface area contributed by atoms with E-state index in [9.17, 15) is 0 Å². The Kier molecular flexibility index (Phi) is 2.50. The molecule has 2 N–H and O–H groups in total. The van der Waals surface area contributed by atoms with Gasteiger partial charge in [0.2, 0.25) is 0 Å². The summed E-state index contributed by atoms with van der Waals surface area (Å²) >= 11 is 0. The highest BCUT2D eigenvalue weighted by atomic mass is 16.5. The Morgan fingerprint density at radius 3 is 3.06 bits per heavy atom. The first-order valence-corrected chi connectivity index (χ1v) is 5.70. The smallest absolute Gasteiger partial charge is 0.0881 e. The fraction of sp³-hybridized carbons (Fsp3) is 0.417. The summed E-state index contributed by atoms with van der Waals surface area (Å²) in [5.74, 6) is 0. The zero-order chi connectivity index (χ0) is 10.8. The average molecular weight is 217 g/mol. The molecule has 1 saturated heterocycles. The molecule has 84 valence electrons. The van der Waals surface area contributed by atoms with Crippen molar-refractivity contribution in [3.05, 3.63) is 24.4 Å². The molecule has 1 aliphatic heterocycles. The van der Waals surface area contributed by atoms with Crippen molar-refractivity contribution in [2.24, 2.45) is 0 Å². The molecule has 4 nitrogen and oxygen atoms in total. The number of hydrogen-bond acceptors (Lipinski definition) is 3. The first kappa shape index (κ1) is 9.66. The van der Waals surface area contributed by atoms with E-state index in [-0.39, 0.29) is 0 Å². The molecule has 0 aliphatic carbocycles. The maximum absolute atomic E-state index is 5.35. The van der Waals surface area contributed by atoms with Gasteiger partial charge in [-0.3, -0.25) is 5.10 Å². The van der Waals surface area contributed by atoms with E-state index in [1.54, 1.807) is 0 Å². The molecule has 0 unspecified atom stereocenters. The predicted octanol–water partition coefficient (Wildman–Crippen LogP) is 2.15. The topological polar surface area (TPSA) is 49.9 Å². The van der Waals surface area contributed by atoms with Gasteiger partial charge in [0.05, 0.1) is 17.4 Å². The Bertz CT molecular complexity index is 474. The Hall–Kier alpha value is -1.55. The molecule has 0 atom stereocenters. The highest BCUT2D eigenvalue weighted by molar-refractivity contribution is 5.89. The van der Waals surface area contributed by atoms with E-state index >= 15 is 0 Å². The van der Waals surface area contributed by atoms with Crippen LogP contribution in [0.1, 0.15) is 12.8 Å². The van der Waals surface area contributed by atoms with Gasteiger partial charge in [-0.05, 0) is 18.9 Å². The SMILES string of the molecule is c1cc(NC2CCOCC2)c2[nH]ncc2c1.